The number of rotatable bonds is 11. The van der Waals surface area contributed by atoms with Crippen LogP contribution in [0.2, 0.25) is 33.2 Å². The van der Waals surface area contributed by atoms with Gasteiger partial charge in [-0.15, -0.1) is 0 Å². The second-order valence-corrected chi connectivity index (χ2v) is 21.7. The lowest BCUT2D eigenvalue weighted by molar-refractivity contribution is -0.143. The van der Waals surface area contributed by atoms with Crippen LogP contribution in [0, 0.1) is 0 Å². The molecule has 2 atom stereocenters. The highest BCUT2D eigenvalue weighted by Crippen LogP contribution is 2.45. The quantitative estimate of drug-likeness (QED) is 0.253. The van der Waals surface area contributed by atoms with Crippen molar-refractivity contribution in [2.75, 3.05) is 6.61 Å². The van der Waals surface area contributed by atoms with E-state index in [2.05, 4.69) is 83.1 Å². The summed E-state index contributed by atoms with van der Waals surface area (Å²) >= 11 is 0. The smallest absolute Gasteiger partial charge is 0.308 e. The van der Waals surface area contributed by atoms with Crippen LogP contribution in [0.5, 0.6) is 0 Å². The van der Waals surface area contributed by atoms with E-state index in [1.165, 1.54) is 0 Å². The SMILES string of the molecule is CC(C)[Si](OCC1OC(=O)CC1O[Si](C(C)C)(C(C)C)C(C)C)(C(C)C)C(C)C. The van der Waals surface area contributed by atoms with Crippen LogP contribution in [0.1, 0.15) is 89.5 Å². The normalized spacial score (nSPS) is 21.5. The molecular formula is C23H48O4Si2. The Labute approximate surface area is 182 Å². The molecule has 29 heavy (non-hydrogen) atoms. The van der Waals surface area contributed by atoms with E-state index >= 15 is 0 Å². The Kier molecular flexibility index (Phi) is 9.65. The first-order chi connectivity index (χ1) is 13.2. The van der Waals surface area contributed by atoms with Crippen LogP contribution in [0.3, 0.4) is 0 Å². The molecule has 1 aliphatic heterocycles. The molecule has 2 unspecified atom stereocenters. The summed E-state index contributed by atoms with van der Waals surface area (Å²) in [5, 5.41) is 0. The molecule has 0 saturated carbocycles. The average molecular weight is 445 g/mol. The first kappa shape index (κ1) is 26.9. The molecule has 0 N–H and O–H groups in total. The molecule has 0 spiro atoms. The summed E-state index contributed by atoms with van der Waals surface area (Å²) in [5.41, 5.74) is 2.97. The third kappa shape index (κ3) is 5.36. The summed E-state index contributed by atoms with van der Waals surface area (Å²) in [6.45, 7) is 27.9. The van der Waals surface area contributed by atoms with Crippen molar-refractivity contribution in [3.63, 3.8) is 0 Å². The van der Waals surface area contributed by atoms with Crippen LogP contribution in [0.4, 0.5) is 0 Å². The maximum Gasteiger partial charge on any atom is 0.308 e. The van der Waals surface area contributed by atoms with Gasteiger partial charge in [0, 0.05) is 0 Å². The van der Waals surface area contributed by atoms with Crippen molar-refractivity contribution in [2.45, 2.75) is 135 Å². The first-order valence-corrected chi connectivity index (χ1v) is 16.0. The molecule has 0 bridgehead atoms. The van der Waals surface area contributed by atoms with E-state index in [1.54, 1.807) is 0 Å². The fourth-order valence-electron chi connectivity index (χ4n) is 6.24. The lowest BCUT2D eigenvalue weighted by atomic mass is 10.2. The van der Waals surface area contributed by atoms with Crippen molar-refractivity contribution in [3.05, 3.63) is 0 Å². The molecule has 0 aromatic carbocycles. The highest BCUT2D eigenvalue weighted by atomic mass is 28.4. The van der Waals surface area contributed by atoms with Gasteiger partial charge in [-0.3, -0.25) is 4.79 Å². The van der Waals surface area contributed by atoms with Gasteiger partial charge in [0.15, 0.2) is 0 Å². The summed E-state index contributed by atoms with van der Waals surface area (Å²) in [7, 11) is -4.09. The minimum atomic E-state index is -2.08. The Morgan fingerprint density at radius 2 is 1.14 bits per heavy atom. The van der Waals surface area contributed by atoms with Crippen LogP contribution in [0.25, 0.3) is 0 Å². The number of carbonyl (C=O) groups excluding carboxylic acids is 1. The van der Waals surface area contributed by atoms with Gasteiger partial charge in [-0.25, -0.2) is 0 Å². The second-order valence-electron chi connectivity index (χ2n) is 10.8. The molecule has 1 aliphatic rings. The minimum Gasteiger partial charge on any atom is -0.457 e. The maximum absolute atomic E-state index is 12.3. The van der Waals surface area contributed by atoms with Crippen LogP contribution in [0.15, 0.2) is 0 Å². The molecule has 0 aromatic rings. The summed E-state index contributed by atoms with van der Waals surface area (Å²) in [5.74, 6) is -0.145. The van der Waals surface area contributed by atoms with Gasteiger partial charge < -0.3 is 13.6 Å². The van der Waals surface area contributed by atoms with Crippen molar-refractivity contribution in [1.82, 2.24) is 0 Å². The van der Waals surface area contributed by atoms with E-state index in [0.717, 1.165) is 0 Å². The van der Waals surface area contributed by atoms with Crippen molar-refractivity contribution < 1.29 is 18.4 Å². The lowest BCUT2D eigenvalue weighted by Crippen LogP contribution is -2.53. The first-order valence-electron chi connectivity index (χ1n) is 11.7. The zero-order chi connectivity index (χ0) is 22.7. The molecule has 0 aromatic heterocycles. The van der Waals surface area contributed by atoms with E-state index in [-0.39, 0.29) is 18.2 Å². The minimum absolute atomic E-state index is 0.145. The third-order valence-corrected chi connectivity index (χ3v) is 19.5. The molecule has 6 heteroatoms. The largest absolute Gasteiger partial charge is 0.457 e. The number of hydrogen-bond acceptors (Lipinski definition) is 4. The highest BCUT2D eigenvalue weighted by Gasteiger charge is 2.51. The number of carbonyl (C=O) groups is 1. The van der Waals surface area contributed by atoms with Crippen molar-refractivity contribution >= 4 is 22.6 Å². The number of hydrogen-bond donors (Lipinski definition) is 0. The van der Waals surface area contributed by atoms with Gasteiger partial charge >= 0.3 is 5.97 Å². The monoisotopic (exact) mass is 444 g/mol. The molecule has 1 saturated heterocycles. The Balaban J connectivity index is 3.11. The third-order valence-electron chi connectivity index (χ3n) is 7.33. The van der Waals surface area contributed by atoms with E-state index in [1.807, 2.05) is 0 Å². The molecule has 0 aliphatic carbocycles. The zero-order valence-electron chi connectivity index (χ0n) is 21.2. The van der Waals surface area contributed by atoms with Crippen LogP contribution >= 0.6 is 0 Å². The van der Waals surface area contributed by atoms with Gasteiger partial charge in [-0.05, 0) is 33.2 Å². The van der Waals surface area contributed by atoms with Crippen LogP contribution in [-0.2, 0) is 18.4 Å². The van der Waals surface area contributed by atoms with Gasteiger partial charge in [0.25, 0.3) is 0 Å². The predicted octanol–water partition coefficient (Wildman–Crippen LogP) is 7.05. The Morgan fingerprint density at radius 3 is 1.48 bits per heavy atom. The van der Waals surface area contributed by atoms with Gasteiger partial charge in [0.05, 0.1) is 19.1 Å². The van der Waals surface area contributed by atoms with Crippen molar-refractivity contribution in [3.8, 4) is 0 Å². The Hall–Kier alpha value is -0.176. The Morgan fingerprint density at radius 1 is 0.759 bits per heavy atom. The summed E-state index contributed by atoms with van der Waals surface area (Å²) < 4.78 is 19.5. The highest BCUT2D eigenvalue weighted by molar-refractivity contribution is 6.78. The van der Waals surface area contributed by atoms with Gasteiger partial charge in [0.2, 0.25) is 16.6 Å². The predicted molar refractivity (Wildman–Crippen MR) is 127 cm³/mol. The molecule has 1 rings (SSSR count). The second kappa shape index (κ2) is 10.4. The van der Waals surface area contributed by atoms with Gasteiger partial charge in [-0.2, -0.15) is 0 Å². The number of ether oxygens (including phenoxy) is 1. The summed E-state index contributed by atoms with van der Waals surface area (Å²) in [6.07, 6.45) is -0.109. The molecule has 172 valence electrons. The molecule has 0 amide bonds. The molecule has 1 fully saturated rings. The van der Waals surface area contributed by atoms with E-state index < -0.39 is 16.6 Å². The summed E-state index contributed by atoms with van der Waals surface area (Å²) in [6, 6.07) is 0. The van der Waals surface area contributed by atoms with Gasteiger partial charge in [0.1, 0.15) is 6.10 Å². The molecule has 1 heterocycles. The Bertz CT molecular complexity index is 485. The summed E-state index contributed by atoms with van der Waals surface area (Å²) in [4.78, 5) is 12.3. The van der Waals surface area contributed by atoms with Crippen molar-refractivity contribution in [2.24, 2.45) is 0 Å². The molecular weight excluding hydrogens is 396 g/mol. The fourth-order valence-corrected chi connectivity index (χ4v) is 17.3. The number of esters is 1. The number of cyclic esters (lactones) is 1. The van der Waals surface area contributed by atoms with Crippen LogP contribution < -0.4 is 0 Å². The van der Waals surface area contributed by atoms with Crippen LogP contribution in [-0.4, -0.2) is 41.4 Å². The standard InChI is InChI=1S/C23H48O4Si2/c1-15(2)28(16(3)4,17(5)6)25-14-22-21(13-23(24)26-22)27-29(18(7)8,19(9)10)20(11)12/h15-22H,13-14H2,1-12H3. The van der Waals surface area contributed by atoms with Gasteiger partial charge in [-0.1, -0.05) is 83.1 Å². The fraction of sp³-hybridized carbons (Fsp3) is 0.957. The van der Waals surface area contributed by atoms with E-state index in [4.69, 9.17) is 13.6 Å². The molecule has 0 radical (unpaired) electrons. The average Bonchev–Trinajstić information content (AvgIpc) is 2.90. The maximum atomic E-state index is 12.3. The van der Waals surface area contributed by atoms with E-state index in [0.29, 0.717) is 46.3 Å². The lowest BCUT2D eigenvalue weighted by Gasteiger charge is -2.45. The topological polar surface area (TPSA) is 44.8 Å². The van der Waals surface area contributed by atoms with E-state index in [9.17, 15) is 4.79 Å². The zero-order valence-corrected chi connectivity index (χ0v) is 23.2. The van der Waals surface area contributed by atoms with Crippen molar-refractivity contribution in [1.29, 1.82) is 0 Å². The molecule has 4 nitrogen and oxygen atoms in total.